The highest BCUT2D eigenvalue weighted by molar-refractivity contribution is 7.14. The second kappa shape index (κ2) is 12.4. The number of Topliss-reactive ketones (excluding diaryl/α,β-unsaturated/α-hetero) is 1. The first-order valence-electron chi connectivity index (χ1n) is 13.3. The van der Waals surface area contributed by atoms with Gasteiger partial charge in [0.05, 0.1) is 12.0 Å². The smallest absolute Gasteiger partial charge is 0.413 e. The normalized spacial score (nSPS) is 17.5. The Labute approximate surface area is 247 Å². The quantitative estimate of drug-likeness (QED) is 0.179. The molecule has 0 saturated carbocycles. The maximum Gasteiger partial charge on any atom is 0.413 e. The number of hydrogen-bond donors (Lipinski definition) is 2. The van der Waals surface area contributed by atoms with E-state index in [0.29, 0.717) is 0 Å². The topological polar surface area (TPSA) is 167 Å². The molecule has 42 heavy (non-hydrogen) atoms. The lowest BCUT2D eigenvalue weighted by molar-refractivity contribution is -0.179. The number of anilines is 1. The van der Waals surface area contributed by atoms with Gasteiger partial charge in [0.15, 0.2) is 16.6 Å². The third-order valence-electron chi connectivity index (χ3n) is 5.72. The molecule has 1 aliphatic heterocycles. The van der Waals surface area contributed by atoms with E-state index < -0.39 is 46.6 Å². The van der Waals surface area contributed by atoms with Gasteiger partial charge >= 0.3 is 12.1 Å². The minimum absolute atomic E-state index is 0.0617. The van der Waals surface area contributed by atoms with Crippen molar-refractivity contribution in [2.24, 2.45) is 11.1 Å². The Kier molecular flexibility index (Phi) is 9.60. The zero-order chi connectivity index (χ0) is 31.5. The van der Waals surface area contributed by atoms with Crippen molar-refractivity contribution < 1.29 is 33.5 Å². The summed E-state index contributed by atoms with van der Waals surface area (Å²) in [5.41, 5.74) is -3.53. The van der Waals surface area contributed by atoms with E-state index >= 15 is 0 Å². The number of nitrogens with one attached hydrogen (secondary N) is 2. The molecule has 1 saturated heterocycles. The van der Waals surface area contributed by atoms with Gasteiger partial charge in [0, 0.05) is 30.6 Å². The fourth-order valence-electron chi connectivity index (χ4n) is 3.67. The van der Waals surface area contributed by atoms with Crippen molar-refractivity contribution in [1.82, 2.24) is 14.9 Å². The molecule has 1 fully saturated rings. The molecule has 0 aliphatic carbocycles. The van der Waals surface area contributed by atoms with Crippen LogP contribution in [-0.4, -0.2) is 61.9 Å². The fraction of sp³-hybridized carbons (Fsp3) is 0.536. The number of aromatic nitrogens is 2. The van der Waals surface area contributed by atoms with E-state index in [1.54, 1.807) is 59.9 Å². The molecule has 3 rings (SSSR count). The molecule has 2 aromatic heterocycles. The Morgan fingerprint density at radius 2 is 1.71 bits per heavy atom. The average molecular weight is 604 g/mol. The van der Waals surface area contributed by atoms with Gasteiger partial charge < -0.3 is 24.2 Å². The number of nitrogens with zero attached hydrogens (tertiary/aromatic N) is 3. The Morgan fingerprint density at radius 1 is 1.05 bits per heavy atom. The van der Waals surface area contributed by atoms with Crippen LogP contribution >= 0.6 is 11.3 Å². The SMILES string of the molecule is CC(C)(C)OC(=O)Nc1nc(/C(=N/OC(C)(C)C(=O)OC(C)(C)C)C(=O)C[C@@H]2C(=O)N[C@@H]2Cn2ccccc2=O)cs1. The molecule has 13 nitrogen and oxygen atoms in total. The van der Waals surface area contributed by atoms with Crippen LogP contribution in [0.25, 0.3) is 0 Å². The number of ketones is 1. The van der Waals surface area contributed by atoms with Crippen LogP contribution in [0.5, 0.6) is 0 Å². The second-order valence-electron chi connectivity index (χ2n) is 12.2. The van der Waals surface area contributed by atoms with Gasteiger partial charge in [-0.2, -0.15) is 0 Å². The fourth-order valence-corrected chi connectivity index (χ4v) is 4.35. The first kappa shape index (κ1) is 32.4. The third-order valence-corrected chi connectivity index (χ3v) is 6.48. The zero-order valence-electron chi connectivity index (χ0n) is 25.0. The Morgan fingerprint density at radius 3 is 2.31 bits per heavy atom. The summed E-state index contributed by atoms with van der Waals surface area (Å²) in [5.74, 6) is -2.39. The van der Waals surface area contributed by atoms with Crippen molar-refractivity contribution in [3.05, 3.63) is 45.8 Å². The maximum absolute atomic E-state index is 13.6. The molecule has 0 aromatic carbocycles. The molecule has 3 heterocycles. The van der Waals surface area contributed by atoms with Gasteiger partial charge in [-0.3, -0.25) is 19.7 Å². The average Bonchev–Trinajstić information content (AvgIpc) is 3.29. The van der Waals surface area contributed by atoms with Gasteiger partial charge in [-0.25, -0.2) is 14.6 Å². The standard InChI is InChI=1S/C28H37N5O8S/c1-26(2,3)39-23(37)28(7,8)41-32-21(18-15-42-24(30-18)31-25(38)40-27(4,5)6)19(34)13-16-17(29-22(16)36)14-33-12-10-9-11-20(33)35/h9-12,15-17H,13-14H2,1-8H3,(H,29,36)(H,30,31,38)/b32-21-/t16-,17+/m0/s1. The molecule has 228 valence electrons. The molecule has 14 heteroatoms. The first-order valence-corrected chi connectivity index (χ1v) is 14.2. The van der Waals surface area contributed by atoms with Crippen LogP contribution in [0.1, 0.15) is 67.5 Å². The van der Waals surface area contributed by atoms with Gasteiger partial charge in [0.2, 0.25) is 11.5 Å². The molecule has 2 N–H and O–H groups in total. The summed E-state index contributed by atoms with van der Waals surface area (Å²) in [6.07, 6.45) is 0.597. The summed E-state index contributed by atoms with van der Waals surface area (Å²) in [7, 11) is 0. The Bertz CT molecular complexity index is 1430. The van der Waals surface area contributed by atoms with Crippen LogP contribution in [0.2, 0.25) is 0 Å². The van der Waals surface area contributed by atoms with Crippen molar-refractivity contribution in [2.45, 2.75) is 91.2 Å². The van der Waals surface area contributed by atoms with Crippen molar-refractivity contribution >= 4 is 45.9 Å². The van der Waals surface area contributed by atoms with E-state index in [-0.39, 0.29) is 41.0 Å². The molecule has 0 bridgehead atoms. The number of pyridine rings is 1. The van der Waals surface area contributed by atoms with E-state index in [0.717, 1.165) is 11.3 Å². The molecule has 2 aromatic rings. The molecule has 0 radical (unpaired) electrons. The van der Waals surface area contributed by atoms with E-state index in [1.807, 2.05) is 0 Å². The number of hydrogen-bond acceptors (Lipinski definition) is 11. The van der Waals surface area contributed by atoms with Crippen molar-refractivity contribution in [1.29, 1.82) is 0 Å². The van der Waals surface area contributed by atoms with E-state index in [2.05, 4.69) is 20.8 Å². The number of esters is 1. The summed E-state index contributed by atoms with van der Waals surface area (Å²) in [5, 5.41) is 10.9. The third kappa shape index (κ3) is 8.96. The molecular weight excluding hydrogens is 566 g/mol. The van der Waals surface area contributed by atoms with E-state index in [9.17, 15) is 24.0 Å². The van der Waals surface area contributed by atoms with Crippen LogP contribution in [0.15, 0.2) is 39.7 Å². The summed E-state index contributed by atoms with van der Waals surface area (Å²) < 4.78 is 12.1. The highest BCUT2D eigenvalue weighted by Gasteiger charge is 2.42. The lowest BCUT2D eigenvalue weighted by Gasteiger charge is -2.36. The first-order chi connectivity index (χ1) is 19.3. The molecule has 1 aliphatic rings. The van der Waals surface area contributed by atoms with Crippen LogP contribution in [-0.2, 0) is 35.2 Å². The van der Waals surface area contributed by atoms with Crippen LogP contribution < -0.4 is 16.2 Å². The summed E-state index contributed by atoms with van der Waals surface area (Å²) in [6.45, 7) is 13.3. The molecule has 2 amide bonds. The molecule has 0 unspecified atom stereocenters. The number of amides is 2. The van der Waals surface area contributed by atoms with Crippen molar-refractivity contribution in [3.8, 4) is 0 Å². The van der Waals surface area contributed by atoms with Gasteiger partial charge in [-0.15, -0.1) is 11.3 Å². The largest absolute Gasteiger partial charge is 0.457 e. The lowest BCUT2D eigenvalue weighted by atomic mass is 9.84. The van der Waals surface area contributed by atoms with Gasteiger partial charge in [-0.1, -0.05) is 11.2 Å². The molecule has 0 spiro atoms. The zero-order valence-corrected chi connectivity index (χ0v) is 25.8. The van der Waals surface area contributed by atoms with Crippen LogP contribution in [0, 0.1) is 5.92 Å². The molecule has 2 atom stereocenters. The maximum atomic E-state index is 13.6. The predicted molar refractivity (Wildman–Crippen MR) is 155 cm³/mol. The second-order valence-corrected chi connectivity index (χ2v) is 13.1. The number of carbonyl (C=O) groups excluding carboxylic acids is 4. The summed E-state index contributed by atoms with van der Waals surface area (Å²) >= 11 is 1.02. The summed E-state index contributed by atoms with van der Waals surface area (Å²) in [4.78, 5) is 72.9. The van der Waals surface area contributed by atoms with Crippen LogP contribution in [0.4, 0.5) is 9.93 Å². The highest BCUT2D eigenvalue weighted by atomic mass is 32.1. The van der Waals surface area contributed by atoms with E-state index in [1.165, 1.54) is 29.9 Å². The number of oxime groups is 1. The van der Waals surface area contributed by atoms with Crippen LogP contribution in [0.3, 0.4) is 0 Å². The number of carbonyl (C=O) groups is 4. The number of rotatable bonds is 10. The van der Waals surface area contributed by atoms with Gasteiger partial charge in [0.25, 0.3) is 5.56 Å². The molecular formula is C28H37N5O8S. The van der Waals surface area contributed by atoms with Crippen molar-refractivity contribution in [2.75, 3.05) is 5.32 Å². The van der Waals surface area contributed by atoms with E-state index in [4.69, 9.17) is 14.3 Å². The number of β-lactam (4-membered cyclic amide) rings is 1. The van der Waals surface area contributed by atoms with Gasteiger partial charge in [-0.05, 0) is 61.5 Å². The van der Waals surface area contributed by atoms with Gasteiger partial charge in [0.1, 0.15) is 16.9 Å². The summed E-state index contributed by atoms with van der Waals surface area (Å²) in [6, 6.07) is 4.24. The Balaban J connectivity index is 1.85. The van der Waals surface area contributed by atoms with Crippen molar-refractivity contribution in [3.63, 3.8) is 0 Å². The minimum atomic E-state index is -1.57. The predicted octanol–water partition coefficient (Wildman–Crippen LogP) is 3.27. The Hall–Kier alpha value is -4.07. The minimum Gasteiger partial charge on any atom is -0.457 e. The monoisotopic (exact) mass is 603 g/mol. The number of thiazole rings is 1. The lowest BCUT2D eigenvalue weighted by Crippen LogP contribution is -2.61. The highest BCUT2D eigenvalue weighted by Crippen LogP contribution is 2.25. The number of ether oxygens (including phenoxy) is 2.